The van der Waals surface area contributed by atoms with Crippen LogP contribution in [-0.4, -0.2) is 53.3 Å². The van der Waals surface area contributed by atoms with E-state index in [1.54, 1.807) is 25.3 Å². The Morgan fingerprint density at radius 1 is 1.06 bits per heavy atom. The predicted octanol–water partition coefficient (Wildman–Crippen LogP) is 3.95. The number of anilines is 1. The number of hydrogen-bond donors (Lipinski definition) is 1. The fraction of sp³-hybridized carbons (Fsp3) is 0.296. The highest BCUT2D eigenvalue weighted by Gasteiger charge is 2.29. The fourth-order valence-corrected chi connectivity index (χ4v) is 4.07. The van der Waals surface area contributed by atoms with Gasteiger partial charge < -0.3 is 14.8 Å². The summed E-state index contributed by atoms with van der Waals surface area (Å²) in [5.74, 6) is 1.07. The van der Waals surface area contributed by atoms with Crippen LogP contribution in [0.5, 0.6) is 11.5 Å². The van der Waals surface area contributed by atoms with E-state index in [0.717, 1.165) is 23.3 Å². The van der Waals surface area contributed by atoms with Crippen molar-refractivity contribution in [2.24, 2.45) is 11.0 Å². The van der Waals surface area contributed by atoms with E-state index in [1.165, 1.54) is 12.4 Å². The van der Waals surface area contributed by atoms with Crippen LogP contribution in [0.25, 0.3) is 0 Å². The molecule has 0 radical (unpaired) electrons. The molecular formula is C27H29N5O4. The molecule has 9 heteroatoms. The number of amides is 2. The number of hydrazone groups is 1. The molecule has 0 fully saturated rings. The average molecular weight is 488 g/mol. The highest BCUT2D eigenvalue weighted by atomic mass is 16.5. The number of carbonyl (C=O) groups excluding carboxylic acids is 2. The standard InChI is InChI=1S/C27H29N5O4/c1-4-19-17-24(33)32(31-25(19)20-8-11-22(35-2)23(16-20)36-3)15-12-18-6-9-21(10-7-18)30-27(34)26-28-13-5-14-29-26/h5-11,13-14,16,19H,4,12,15,17H2,1-3H3,(H,30,34). The maximum atomic E-state index is 12.8. The Morgan fingerprint density at radius 2 is 1.78 bits per heavy atom. The van der Waals surface area contributed by atoms with Crippen LogP contribution in [0.1, 0.15) is 41.5 Å². The number of methoxy groups -OCH3 is 2. The summed E-state index contributed by atoms with van der Waals surface area (Å²) in [6.45, 7) is 2.52. The first-order chi connectivity index (χ1) is 17.5. The molecule has 0 bridgehead atoms. The molecule has 1 aromatic heterocycles. The summed E-state index contributed by atoms with van der Waals surface area (Å²) >= 11 is 0. The van der Waals surface area contributed by atoms with Gasteiger partial charge in [0, 0.05) is 42.5 Å². The number of aromatic nitrogens is 2. The van der Waals surface area contributed by atoms with Gasteiger partial charge in [-0.1, -0.05) is 19.1 Å². The van der Waals surface area contributed by atoms with E-state index in [0.29, 0.717) is 36.6 Å². The van der Waals surface area contributed by atoms with Crippen LogP contribution in [-0.2, 0) is 11.2 Å². The van der Waals surface area contributed by atoms with E-state index in [-0.39, 0.29) is 23.6 Å². The van der Waals surface area contributed by atoms with Crippen LogP contribution in [0.3, 0.4) is 0 Å². The van der Waals surface area contributed by atoms with Crippen molar-refractivity contribution in [3.8, 4) is 11.5 Å². The van der Waals surface area contributed by atoms with Crippen molar-refractivity contribution in [3.63, 3.8) is 0 Å². The van der Waals surface area contributed by atoms with Crippen LogP contribution < -0.4 is 14.8 Å². The summed E-state index contributed by atoms with van der Waals surface area (Å²) in [4.78, 5) is 32.9. The second kappa shape index (κ2) is 11.4. The summed E-state index contributed by atoms with van der Waals surface area (Å²) in [6, 6.07) is 14.8. The summed E-state index contributed by atoms with van der Waals surface area (Å²) in [5, 5.41) is 9.09. The Morgan fingerprint density at radius 3 is 2.44 bits per heavy atom. The lowest BCUT2D eigenvalue weighted by molar-refractivity contribution is -0.132. The third-order valence-corrected chi connectivity index (χ3v) is 6.09. The number of hydrogen-bond acceptors (Lipinski definition) is 7. The normalized spacial score (nSPS) is 15.3. The molecule has 2 aromatic carbocycles. The largest absolute Gasteiger partial charge is 0.493 e. The van der Waals surface area contributed by atoms with Crippen molar-refractivity contribution in [3.05, 3.63) is 77.9 Å². The lowest BCUT2D eigenvalue weighted by Gasteiger charge is -2.29. The molecule has 1 atom stereocenters. The van der Waals surface area contributed by atoms with Crippen LogP contribution in [0, 0.1) is 5.92 Å². The molecule has 4 rings (SSSR count). The van der Waals surface area contributed by atoms with Gasteiger partial charge in [-0.15, -0.1) is 0 Å². The Labute approximate surface area is 210 Å². The quantitative estimate of drug-likeness (QED) is 0.490. The highest BCUT2D eigenvalue weighted by molar-refractivity contribution is 6.06. The van der Waals surface area contributed by atoms with E-state index < -0.39 is 0 Å². The van der Waals surface area contributed by atoms with Crippen LogP contribution in [0.4, 0.5) is 5.69 Å². The van der Waals surface area contributed by atoms with Crippen LogP contribution in [0.2, 0.25) is 0 Å². The third-order valence-electron chi connectivity index (χ3n) is 6.09. The fourth-order valence-electron chi connectivity index (χ4n) is 4.07. The molecule has 0 aliphatic carbocycles. The van der Waals surface area contributed by atoms with E-state index in [9.17, 15) is 9.59 Å². The molecule has 1 aliphatic rings. The highest BCUT2D eigenvalue weighted by Crippen LogP contribution is 2.31. The molecule has 0 saturated carbocycles. The molecular weight excluding hydrogens is 458 g/mol. The Kier molecular flexibility index (Phi) is 7.89. The molecule has 1 N–H and O–H groups in total. The van der Waals surface area contributed by atoms with Crippen LogP contribution >= 0.6 is 0 Å². The third kappa shape index (κ3) is 5.68. The van der Waals surface area contributed by atoms with E-state index in [2.05, 4.69) is 22.2 Å². The van der Waals surface area contributed by atoms with Gasteiger partial charge in [0.05, 0.1) is 19.9 Å². The van der Waals surface area contributed by atoms with Crippen molar-refractivity contribution in [1.29, 1.82) is 0 Å². The smallest absolute Gasteiger partial charge is 0.293 e. The van der Waals surface area contributed by atoms with E-state index >= 15 is 0 Å². The molecule has 0 spiro atoms. The molecule has 36 heavy (non-hydrogen) atoms. The molecule has 2 heterocycles. The Balaban J connectivity index is 1.45. The summed E-state index contributed by atoms with van der Waals surface area (Å²) in [5.41, 5.74) is 3.46. The first-order valence-corrected chi connectivity index (χ1v) is 11.8. The second-order valence-corrected chi connectivity index (χ2v) is 8.35. The average Bonchev–Trinajstić information content (AvgIpc) is 2.93. The number of ether oxygens (including phenoxy) is 2. The minimum absolute atomic E-state index is 0.0119. The summed E-state index contributed by atoms with van der Waals surface area (Å²) < 4.78 is 10.8. The maximum Gasteiger partial charge on any atom is 0.293 e. The predicted molar refractivity (Wildman–Crippen MR) is 136 cm³/mol. The zero-order valence-corrected chi connectivity index (χ0v) is 20.6. The van der Waals surface area contributed by atoms with Crippen molar-refractivity contribution in [2.45, 2.75) is 26.2 Å². The van der Waals surface area contributed by atoms with E-state index in [4.69, 9.17) is 14.6 Å². The van der Waals surface area contributed by atoms with Crippen molar-refractivity contribution in [1.82, 2.24) is 15.0 Å². The monoisotopic (exact) mass is 487 g/mol. The van der Waals surface area contributed by atoms with Gasteiger partial charge >= 0.3 is 0 Å². The lowest BCUT2D eigenvalue weighted by Crippen LogP contribution is -2.38. The zero-order chi connectivity index (χ0) is 25.5. The Hall–Kier alpha value is -4.27. The lowest BCUT2D eigenvalue weighted by atomic mass is 9.89. The van der Waals surface area contributed by atoms with Crippen LogP contribution in [0.15, 0.2) is 66.0 Å². The van der Waals surface area contributed by atoms with Gasteiger partial charge in [-0.3, -0.25) is 9.59 Å². The van der Waals surface area contributed by atoms with Gasteiger partial charge in [0.25, 0.3) is 5.91 Å². The summed E-state index contributed by atoms with van der Waals surface area (Å²) in [6.07, 6.45) is 4.90. The molecule has 1 aliphatic heterocycles. The van der Waals surface area contributed by atoms with Crippen molar-refractivity contribution >= 4 is 23.2 Å². The van der Waals surface area contributed by atoms with Gasteiger partial charge in [0.2, 0.25) is 11.7 Å². The molecule has 2 amide bonds. The maximum absolute atomic E-state index is 12.8. The van der Waals surface area contributed by atoms with Gasteiger partial charge in [-0.05, 0) is 54.8 Å². The topological polar surface area (TPSA) is 106 Å². The van der Waals surface area contributed by atoms with Gasteiger partial charge in [-0.2, -0.15) is 5.10 Å². The molecule has 9 nitrogen and oxygen atoms in total. The number of benzene rings is 2. The molecule has 3 aromatic rings. The zero-order valence-electron chi connectivity index (χ0n) is 20.6. The first kappa shape index (κ1) is 24.8. The molecule has 1 unspecified atom stereocenters. The van der Waals surface area contributed by atoms with E-state index in [1.807, 2.05) is 42.5 Å². The Bertz CT molecular complexity index is 1240. The van der Waals surface area contributed by atoms with Crippen molar-refractivity contribution in [2.75, 3.05) is 26.1 Å². The molecule has 0 saturated heterocycles. The number of carbonyl (C=O) groups is 2. The minimum Gasteiger partial charge on any atom is -0.493 e. The van der Waals surface area contributed by atoms with Gasteiger partial charge in [-0.25, -0.2) is 15.0 Å². The first-order valence-electron chi connectivity index (χ1n) is 11.8. The molecule has 186 valence electrons. The number of rotatable bonds is 9. The summed E-state index contributed by atoms with van der Waals surface area (Å²) in [7, 11) is 3.20. The number of nitrogens with one attached hydrogen (secondary N) is 1. The second-order valence-electron chi connectivity index (χ2n) is 8.35. The van der Waals surface area contributed by atoms with Crippen molar-refractivity contribution < 1.29 is 19.1 Å². The minimum atomic E-state index is -0.371. The number of nitrogens with zero attached hydrogens (tertiary/aromatic N) is 4. The van der Waals surface area contributed by atoms with Gasteiger partial charge in [0.1, 0.15) is 0 Å². The SMILES string of the molecule is CCC1CC(=O)N(CCc2ccc(NC(=O)c3ncccn3)cc2)N=C1c1ccc(OC)c(OC)c1. The van der Waals surface area contributed by atoms with Gasteiger partial charge in [0.15, 0.2) is 11.5 Å².